The van der Waals surface area contributed by atoms with Crippen molar-refractivity contribution in [2.24, 2.45) is 5.10 Å². The molecule has 20 heavy (non-hydrogen) atoms. The van der Waals surface area contributed by atoms with Crippen molar-refractivity contribution in [3.8, 4) is 5.75 Å². The second-order valence-corrected chi connectivity index (χ2v) is 5.38. The summed E-state index contributed by atoms with van der Waals surface area (Å²) in [6.45, 7) is 3.92. The largest absolute Gasteiger partial charge is 0.491 e. The number of hydrogen-bond donors (Lipinski definition) is 1. The Morgan fingerprint density at radius 2 is 2.05 bits per heavy atom. The fourth-order valence-electron chi connectivity index (χ4n) is 1.54. The topological polar surface area (TPSA) is 50.7 Å². The van der Waals surface area contributed by atoms with Crippen molar-refractivity contribution in [3.63, 3.8) is 0 Å². The Hall–Kier alpha value is -2.14. The van der Waals surface area contributed by atoms with E-state index >= 15 is 0 Å². The first-order valence-corrected chi connectivity index (χ1v) is 7.17. The number of benzene rings is 1. The monoisotopic (exact) mass is 288 g/mol. The summed E-state index contributed by atoms with van der Waals surface area (Å²) in [5, 5.41) is 5.87. The van der Waals surface area contributed by atoms with Crippen LogP contribution < -0.4 is 10.2 Å². The van der Waals surface area contributed by atoms with Crippen molar-refractivity contribution in [2.75, 3.05) is 0 Å². The second-order valence-electron chi connectivity index (χ2n) is 4.41. The summed E-state index contributed by atoms with van der Waals surface area (Å²) < 4.78 is 5.52. The molecule has 0 saturated heterocycles. The molecular weight excluding hydrogens is 272 g/mol. The zero-order valence-corrected chi connectivity index (χ0v) is 12.2. The first-order valence-electron chi connectivity index (χ1n) is 6.29. The second kappa shape index (κ2) is 6.86. The molecule has 4 nitrogen and oxygen atoms in total. The Bertz CT molecular complexity index is 574. The van der Waals surface area contributed by atoms with Gasteiger partial charge >= 0.3 is 0 Å². The summed E-state index contributed by atoms with van der Waals surface area (Å²) in [7, 11) is 0. The van der Waals surface area contributed by atoms with E-state index in [1.54, 1.807) is 41.8 Å². The minimum Gasteiger partial charge on any atom is -0.491 e. The molecule has 1 aromatic carbocycles. The van der Waals surface area contributed by atoms with Crippen LogP contribution in [0.3, 0.4) is 0 Å². The molecule has 0 atom stereocenters. The molecule has 2 rings (SSSR count). The minimum atomic E-state index is -0.242. The first kappa shape index (κ1) is 14.3. The highest BCUT2D eigenvalue weighted by Gasteiger charge is 2.04. The molecule has 1 heterocycles. The summed E-state index contributed by atoms with van der Waals surface area (Å²) in [6, 6.07) is 10.8. The highest BCUT2D eigenvalue weighted by Crippen LogP contribution is 2.13. The van der Waals surface area contributed by atoms with Crippen LogP contribution in [0.5, 0.6) is 5.75 Å². The number of carbonyl (C=O) groups is 1. The molecular formula is C15H16N2O2S. The number of carbonyl (C=O) groups excluding carboxylic acids is 1. The predicted octanol–water partition coefficient (Wildman–Crippen LogP) is 3.30. The molecule has 0 aliphatic heterocycles. The average molecular weight is 288 g/mol. The highest BCUT2D eigenvalue weighted by molar-refractivity contribution is 7.11. The molecule has 2 aromatic rings. The SMILES string of the molecule is CC(C)Oc1ccc(C(=O)N/N=C\c2cccs2)cc1. The molecule has 0 aliphatic rings. The van der Waals surface area contributed by atoms with E-state index in [4.69, 9.17) is 4.74 Å². The fourth-order valence-corrected chi connectivity index (χ4v) is 2.13. The molecule has 1 aromatic heterocycles. The quantitative estimate of drug-likeness (QED) is 0.678. The standard InChI is InChI=1S/C15H16N2O2S/c1-11(2)19-13-7-5-12(6-8-13)15(18)17-16-10-14-4-3-9-20-14/h3-11H,1-2H3,(H,17,18)/b16-10-. The van der Waals surface area contributed by atoms with Crippen LogP contribution in [0.1, 0.15) is 29.1 Å². The van der Waals surface area contributed by atoms with Crippen LogP contribution in [0.2, 0.25) is 0 Å². The van der Waals surface area contributed by atoms with Gasteiger partial charge in [-0.2, -0.15) is 5.10 Å². The van der Waals surface area contributed by atoms with Gasteiger partial charge in [-0.25, -0.2) is 5.43 Å². The van der Waals surface area contributed by atoms with Crippen molar-refractivity contribution in [1.29, 1.82) is 0 Å². The van der Waals surface area contributed by atoms with E-state index in [1.807, 2.05) is 31.4 Å². The molecule has 0 spiro atoms. The summed E-state index contributed by atoms with van der Waals surface area (Å²) in [5.74, 6) is 0.507. The number of hydrogen-bond acceptors (Lipinski definition) is 4. The van der Waals surface area contributed by atoms with E-state index in [0.29, 0.717) is 5.56 Å². The lowest BCUT2D eigenvalue weighted by molar-refractivity contribution is 0.0955. The van der Waals surface area contributed by atoms with Crippen LogP contribution in [-0.4, -0.2) is 18.2 Å². The van der Waals surface area contributed by atoms with Crippen molar-refractivity contribution in [3.05, 3.63) is 52.2 Å². The van der Waals surface area contributed by atoms with E-state index in [2.05, 4.69) is 10.5 Å². The van der Waals surface area contributed by atoms with Gasteiger partial charge in [-0.3, -0.25) is 4.79 Å². The zero-order valence-electron chi connectivity index (χ0n) is 11.4. The minimum absolute atomic E-state index is 0.116. The fraction of sp³-hybridized carbons (Fsp3) is 0.200. The third kappa shape index (κ3) is 4.20. The van der Waals surface area contributed by atoms with Crippen LogP contribution in [0.4, 0.5) is 0 Å². The highest BCUT2D eigenvalue weighted by atomic mass is 32.1. The van der Waals surface area contributed by atoms with Gasteiger partial charge in [0.25, 0.3) is 5.91 Å². The number of rotatable bonds is 5. The van der Waals surface area contributed by atoms with Crippen molar-refractivity contribution in [2.45, 2.75) is 20.0 Å². The van der Waals surface area contributed by atoms with Gasteiger partial charge < -0.3 is 4.74 Å². The van der Waals surface area contributed by atoms with Gasteiger partial charge in [-0.1, -0.05) is 6.07 Å². The molecule has 0 radical (unpaired) electrons. The van der Waals surface area contributed by atoms with Gasteiger partial charge in [0, 0.05) is 10.4 Å². The summed E-state index contributed by atoms with van der Waals surface area (Å²) in [6.07, 6.45) is 1.74. The lowest BCUT2D eigenvalue weighted by Crippen LogP contribution is -2.17. The number of hydrazone groups is 1. The lowest BCUT2D eigenvalue weighted by atomic mass is 10.2. The van der Waals surface area contributed by atoms with Crippen LogP contribution in [0.25, 0.3) is 0 Å². The molecule has 0 saturated carbocycles. The van der Waals surface area contributed by atoms with E-state index in [-0.39, 0.29) is 12.0 Å². The smallest absolute Gasteiger partial charge is 0.271 e. The van der Waals surface area contributed by atoms with E-state index in [1.165, 1.54) is 0 Å². The molecule has 1 N–H and O–H groups in total. The van der Waals surface area contributed by atoms with Crippen LogP contribution in [0, 0.1) is 0 Å². The maximum Gasteiger partial charge on any atom is 0.271 e. The van der Waals surface area contributed by atoms with Gasteiger partial charge in [0.2, 0.25) is 0 Å². The van der Waals surface area contributed by atoms with Gasteiger partial charge in [-0.05, 0) is 49.6 Å². The molecule has 1 amide bonds. The van der Waals surface area contributed by atoms with Gasteiger partial charge in [-0.15, -0.1) is 11.3 Å². The van der Waals surface area contributed by atoms with Crippen molar-refractivity contribution in [1.82, 2.24) is 5.43 Å². The van der Waals surface area contributed by atoms with Gasteiger partial charge in [0.05, 0.1) is 12.3 Å². The van der Waals surface area contributed by atoms with Gasteiger partial charge in [0.1, 0.15) is 5.75 Å². The van der Waals surface area contributed by atoms with Gasteiger partial charge in [0.15, 0.2) is 0 Å². The summed E-state index contributed by atoms with van der Waals surface area (Å²) >= 11 is 1.56. The van der Waals surface area contributed by atoms with Crippen molar-refractivity contribution < 1.29 is 9.53 Å². The van der Waals surface area contributed by atoms with Crippen molar-refractivity contribution >= 4 is 23.5 Å². The Morgan fingerprint density at radius 3 is 2.65 bits per heavy atom. The van der Waals surface area contributed by atoms with Crippen LogP contribution in [0.15, 0.2) is 46.9 Å². The maximum atomic E-state index is 11.8. The average Bonchev–Trinajstić information content (AvgIpc) is 2.92. The van der Waals surface area contributed by atoms with Crippen LogP contribution >= 0.6 is 11.3 Å². The maximum absolute atomic E-state index is 11.8. The number of amides is 1. The zero-order chi connectivity index (χ0) is 14.4. The Labute approximate surface area is 122 Å². The molecule has 0 unspecified atom stereocenters. The summed E-state index contributed by atoms with van der Waals surface area (Å²) in [5.41, 5.74) is 3.04. The Balaban J connectivity index is 1.92. The number of thiophene rings is 1. The Kier molecular flexibility index (Phi) is 4.90. The third-order valence-electron chi connectivity index (χ3n) is 2.39. The molecule has 0 bridgehead atoms. The number of nitrogens with one attached hydrogen (secondary N) is 1. The summed E-state index contributed by atoms with van der Waals surface area (Å²) in [4.78, 5) is 12.8. The third-order valence-corrected chi connectivity index (χ3v) is 3.20. The van der Waals surface area contributed by atoms with E-state index in [0.717, 1.165) is 10.6 Å². The van der Waals surface area contributed by atoms with E-state index < -0.39 is 0 Å². The predicted molar refractivity (Wildman–Crippen MR) is 81.6 cm³/mol. The molecule has 0 fully saturated rings. The molecule has 5 heteroatoms. The first-order chi connectivity index (χ1) is 9.65. The van der Waals surface area contributed by atoms with Crippen LogP contribution in [-0.2, 0) is 0 Å². The number of nitrogens with zero attached hydrogens (tertiary/aromatic N) is 1. The Morgan fingerprint density at radius 1 is 1.30 bits per heavy atom. The molecule has 104 valence electrons. The number of ether oxygens (including phenoxy) is 1. The molecule has 0 aliphatic carbocycles. The normalized spacial score (nSPS) is 10.9. The van der Waals surface area contributed by atoms with E-state index in [9.17, 15) is 4.79 Å². The lowest BCUT2D eigenvalue weighted by Gasteiger charge is -2.09.